The van der Waals surface area contributed by atoms with Crippen LogP contribution in [0, 0.1) is 0 Å². The molecule has 158 valence electrons. The summed E-state index contributed by atoms with van der Waals surface area (Å²) < 4.78 is 7.39. The van der Waals surface area contributed by atoms with E-state index >= 15 is 0 Å². The minimum Gasteiger partial charge on any atom is -0.478 e. The van der Waals surface area contributed by atoms with Gasteiger partial charge in [-0.25, -0.2) is 4.79 Å². The van der Waals surface area contributed by atoms with E-state index in [2.05, 4.69) is 18.2 Å². The lowest BCUT2D eigenvalue weighted by Gasteiger charge is -2.17. The molecule has 4 aromatic rings. The summed E-state index contributed by atoms with van der Waals surface area (Å²) in [5, 5.41) is 11.8. The lowest BCUT2D eigenvalue weighted by atomic mass is 9.90. The normalized spacial score (nSPS) is 11.4. The van der Waals surface area contributed by atoms with Crippen molar-refractivity contribution in [2.45, 2.75) is 0 Å². The van der Waals surface area contributed by atoms with Gasteiger partial charge in [0.05, 0.1) is 5.56 Å². The zero-order chi connectivity index (χ0) is 22.5. The van der Waals surface area contributed by atoms with E-state index in [1.807, 2.05) is 36.4 Å². The molecule has 6 rings (SSSR count). The molecule has 1 aliphatic heterocycles. The van der Waals surface area contributed by atoms with E-state index in [1.54, 1.807) is 35.6 Å². The average molecular weight is 448 g/mol. The summed E-state index contributed by atoms with van der Waals surface area (Å²) in [6.07, 6.45) is 0. The van der Waals surface area contributed by atoms with Crippen molar-refractivity contribution in [3.8, 4) is 32.9 Å². The highest BCUT2D eigenvalue weighted by Crippen LogP contribution is 2.43. The Hall–Kier alpha value is -4.22. The third-order valence-corrected chi connectivity index (χ3v) is 7.00. The predicted molar refractivity (Wildman–Crippen MR) is 132 cm³/mol. The Bertz CT molecular complexity index is 1690. The van der Waals surface area contributed by atoms with E-state index in [4.69, 9.17) is 4.42 Å². The number of carboxylic acid groups (broad SMARTS) is 1. The molecule has 0 fully saturated rings. The summed E-state index contributed by atoms with van der Waals surface area (Å²) in [6.45, 7) is 0. The van der Waals surface area contributed by atoms with Crippen LogP contribution in [0.25, 0.3) is 53.9 Å². The Morgan fingerprint density at radius 3 is 2.48 bits per heavy atom. The van der Waals surface area contributed by atoms with Crippen LogP contribution in [0.5, 0.6) is 0 Å². The fourth-order valence-corrected chi connectivity index (χ4v) is 5.38. The van der Waals surface area contributed by atoms with Gasteiger partial charge in [-0.2, -0.15) is 0 Å². The Morgan fingerprint density at radius 2 is 1.64 bits per heavy atom. The van der Waals surface area contributed by atoms with Crippen LogP contribution >= 0.6 is 11.3 Å². The van der Waals surface area contributed by atoms with Crippen LogP contribution in [0.15, 0.2) is 100 Å². The van der Waals surface area contributed by atoms with Gasteiger partial charge < -0.3 is 9.52 Å². The molecule has 0 spiro atoms. The number of carboxylic acids is 1. The van der Waals surface area contributed by atoms with Gasteiger partial charge in [0.15, 0.2) is 5.43 Å². The van der Waals surface area contributed by atoms with Gasteiger partial charge in [0.2, 0.25) is 0 Å². The Morgan fingerprint density at radius 1 is 0.818 bits per heavy atom. The topological polar surface area (TPSA) is 67.5 Å². The summed E-state index contributed by atoms with van der Waals surface area (Å²) in [7, 11) is 0. The molecule has 1 N–H and O–H groups in total. The molecule has 0 unspecified atom stereocenters. The molecule has 1 aromatic heterocycles. The van der Waals surface area contributed by atoms with Crippen LogP contribution in [-0.2, 0) is 0 Å². The van der Waals surface area contributed by atoms with Gasteiger partial charge >= 0.3 is 5.97 Å². The zero-order valence-electron chi connectivity index (χ0n) is 17.2. The summed E-state index contributed by atoms with van der Waals surface area (Å²) in [5.74, 6) is -0.575. The maximum atomic E-state index is 12.1. The predicted octanol–water partition coefficient (Wildman–Crippen LogP) is 7.14. The van der Waals surface area contributed by atoms with Crippen molar-refractivity contribution in [1.29, 1.82) is 0 Å². The summed E-state index contributed by atoms with van der Waals surface area (Å²) in [5.41, 5.74) is 3.66. The van der Waals surface area contributed by atoms with Crippen molar-refractivity contribution in [3.05, 3.63) is 107 Å². The third kappa shape index (κ3) is 3.22. The molecule has 33 heavy (non-hydrogen) atoms. The lowest BCUT2D eigenvalue weighted by Crippen LogP contribution is -2.03. The average Bonchev–Trinajstić information content (AvgIpc) is 3.26. The fraction of sp³-hybridized carbons (Fsp3) is 0. The standard InChI is InChI=1S/C28H16O4S/c29-18-10-12-22-24(15-18)32-23-13-17(26-14-16-5-1-4-8-25(16)33-26)9-11-21(23)27(22)19-6-2-3-7-20(19)28(30)31/h1-15H,(H,30,31). The van der Waals surface area contributed by atoms with Crippen LogP contribution in [0.3, 0.4) is 0 Å². The first-order valence-corrected chi connectivity index (χ1v) is 11.2. The van der Waals surface area contributed by atoms with Gasteiger partial charge in [-0.05, 0) is 59.0 Å². The number of thiophene rings is 1. The molecule has 0 saturated heterocycles. The molecule has 0 atom stereocenters. The molecule has 5 heteroatoms. The monoisotopic (exact) mass is 448 g/mol. The smallest absolute Gasteiger partial charge is 0.336 e. The SMILES string of the molecule is O=C(O)c1ccccc1-c1c2ccc(=O)cc-2oc2cc(-c3cc4ccccc4s3)ccc12. The van der Waals surface area contributed by atoms with E-state index in [0.717, 1.165) is 21.4 Å². The van der Waals surface area contributed by atoms with Crippen molar-refractivity contribution >= 4 is 38.4 Å². The molecular formula is C28H16O4S. The molecule has 1 aliphatic carbocycles. The van der Waals surface area contributed by atoms with Crippen LogP contribution in [0.2, 0.25) is 0 Å². The largest absolute Gasteiger partial charge is 0.478 e. The molecule has 2 aliphatic rings. The Kier molecular flexibility index (Phi) is 4.38. The molecule has 0 amide bonds. The zero-order valence-corrected chi connectivity index (χ0v) is 18.1. The summed E-state index contributed by atoms with van der Waals surface area (Å²) >= 11 is 1.70. The van der Waals surface area contributed by atoms with E-state index in [1.165, 1.54) is 22.2 Å². The minimum absolute atomic E-state index is 0.163. The van der Waals surface area contributed by atoms with Crippen LogP contribution in [-0.4, -0.2) is 11.1 Å². The summed E-state index contributed by atoms with van der Waals surface area (Å²) in [6, 6.07) is 27.9. The lowest BCUT2D eigenvalue weighted by molar-refractivity contribution is 0.0697. The van der Waals surface area contributed by atoms with E-state index in [-0.39, 0.29) is 11.0 Å². The minimum atomic E-state index is -1.00. The Labute approximate surface area is 192 Å². The van der Waals surface area contributed by atoms with Crippen molar-refractivity contribution in [2.75, 3.05) is 0 Å². The Balaban J connectivity index is 1.67. The molecule has 4 nitrogen and oxygen atoms in total. The van der Waals surface area contributed by atoms with Gasteiger partial charge in [0, 0.05) is 32.2 Å². The molecule has 0 bridgehead atoms. The second kappa shape index (κ2) is 7.43. The van der Waals surface area contributed by atoms with Crippen LogP contribution < -0.4 is 5.43 Å². The quantitative estimate of drug-likeness (QED) is 0.292. The molecule has 0 saturated carbocycles. The molecule has 0 radical (unpaired) electrons. The van der Waals surface area contributed by atoms with Gasteiger partial charge in [0.25, 0.3) is 0 Å². The molecule has 3 aromatic carbocycles. The number of rotatable bonds is 3. The van der Waals surface area contributed by atoms with Gasteiger partial charge in [0.1, 0.15) is 11.3 Å². The number of benzene rings is 4. The first kappa shape index (κ1) is 19.5. The number of carbonyl (C=O) groups is 1. The maximum Gasteiger partial charge on any atom is 0.336 e. The van der Waals surface area contributed by atoms with Gasteiger partial charge in [-0.1, -0.05) is 42.5 Å². The van der Waals surface area contributed by atoms with Crippen LogP contribution in [0.1, 0.15) is 10.4 Å². The fourth-order valence-electron chi connectivity index (χ4n) is 4.33. The van der Waals surface area contributed by atoms with Gasteiger partial charge in [-0.3, -0.25) is 4.79 Å². The second-order valence-corrected chi connectivity index (χ2v) is 8.93. The first-order valence-electron chi connectivity index (χ1n) is 10.4. The number of aromatic carboxylic acids is 1. The van der Waals surface area contributed by atoms with Crippen LogP contribution in [0.4, 0.5) is 0 Å². The number of fused-ring (bicyclic) bond motifs is 3. The van der Waals surface area contributed by atoms with Crippen molar-refractivity contribution < 1.29 is 14.3 Å². The van der Waals surface area contributed by atoms with E-state index in [0.29, 0.717) is 22.5 Å². The summed E-state index contributed by atoms with van der Waals surface area (Å²) in [4.78, 5) is 25.2. The van der Waals surface area contributed by atoms with Crippen molar-refractivity contribution in [3.63, 3.8) is 0 Å². The van der Waals surface area contributed by atoms with E-state index < -0.39 is 5.97 Å². The molecular weight excluding hydrogens is 432 g/mol. The number of hydrogen-bond acceptors (Lipinski definition) is 4. The highest BCUT2D eigenvalue weighted by atomic mass is 32.1. The first-order chi connectivity index (χ1) is 16.1. The van der Waals surface area contributed by atoms with Crippen molar-refractivity contribution in [1.82, 2.24) is 0 Å². The maximum absolute atomic E-state index is 12.1. The highest BCUT2D eigenvalue weighted by Gasteiger charge is 2.21. The highest BCUT2D eigenvalue weighted by molar-refractivity contribution is 7.22. The van der Waals surface area contributed by atoms with E-state index in [9.17, 15) is 14.7 Å². The number of hydrogen-bond donors (Lipinski definition) is 1. The second-order valence-electron chi connectivity index (χ2n) is 7.85. The third-order valence-electron chi connectivity index (χ3n) is 5.83. The molecule has 2 heterocycles. The van der Waals surface area contributed by atoms with Crippen molar-refractivity contribution in [2.24, 2.45) is 0 Å². The van der Waals surface area contributed by atoms with Gasteiger partial charge in [-0.15, -0.1) is 11.3 Å².